The van der Waals surface area contributed by atoms with Gasteiger partial charge in [-0.3, -0.25) is 0 Å². The van der Waals surface area contributed by atoms with Gasteiger partial charge in [-0.1, -0.05) is 56.0 Å². The largest absolute Gasteiger partial charge is 0.307 e. The summed E-state index contributed by atoms with van der Waals surface area (Å²) in [7, 11) is 0. The van der Waals surface area contributed by atoms with E-state index in [1.807, 2.05) is 0 Å². The zero-order valence-electron chi connectivity index (χ0n) is 13.9. The summed E-state index contributed by atoms with van der Waals surface area (Å²) >= 11 is 0. The maximum atomic E-state index is 3.92. The fourth-order valence-electron chi connectivity index (χ4n) is 3.84. The Hall–Kier alpha value is -0.820. The summed E-state index contributed by atoms with van der Waals surface area (Å²) in [5.74, 6) is 1.64. The molecule has 20 heavy (non-hydrogen) atoms. The molecule has 1 aliphatic rings. The molecular weight excluding hydrogens is 242 g/mol. The van der Waals surface area contributed by atoms with Crippen LogP contribution in [-0.2, 0) is 0 Å². The zero-order valence-corrected chi connectivity index (χ0v) is 13.9. The lowest BCUT2D eigenvalue weighted by atomic mass is 9.77. The average molecular weight is 273 g/mol. The molecule has 1 aromatic carbocycles. The van der Waals surface area contributed by atoms with Crippen molar-refractivity contribution in [3.63, 3.8) is 0 Å². The van der Waals surface area contributed by atoms with Gasteiger partial charge in [0.05, 0.1) is 0 Å². The van der Waals surface area contributed by atoms with Gasteiger partial charge in [0.1, 0.15) is 0 Å². The van der Waals surface area contributed by atoms with Gasteiger partial charge in [0.2, 0.25) is 0 Å². The van der Waals surface area contributed by atoms with Crippen molar-refractivity contribution < 1.29 is 0 Å². The molecule has 0 aromatic heterocycles. The molecule has 1 aliphatic carbocycles. The van der Waals surface area contributed by atoms with Crippen molar-refractivity contribution in [1.82, 2.24) is 5.32 Å². The van der Waals surface area contributed by atoms with Crippen molar-refractivity contribution in [3.05, 3.63) is 34.9 Å². The highest BCUT2D eigenvalue weighted by atomic mass is 15.0. The summed E-state index contributed by atoms with van der Waals surface area (Å²) in [4.78, 5) is 0. The summed E-state index contributed by atoms with van der Waals surface area (Å²) in [6.45, 7) is 11.5. The van der Waals surface area contributed by atoms with E-state index in [9.17, 15) is 0 Å². The topological polar surface area (TPSA) is 12.0 Å². The van der Waals surface area contributed by atoms with Gasteiger partial charge in [-0.15, -0.1) is 0 Å². The van der Waals surface area contributed by atoms with Crippen molar-refractivity contribution in [2.45, 2.75) is 72.4 Å². The smallest absolute Gasteiger partial charge is 0.0294 e. The molecule has 1 heteroatoms. The number of hydrogen-bond acceptors (Lipinski definition) is 1. The zero-order chi connectivity index (χ0) is 14.7. The number of hydrogen-bond donors (Lipinski definition) is 1. The summed E-state index contributed by atoms with van der Waals surface area (Å²) in [5.41, 5.74) is 4.19. The molecule has 1 fully saturated rings. The van der Waals surface area contributed by atoms with Crippen LogP contribution < -0.4 is 5.32 Å². The first-order valence-corrected chi connectivity index (χ1v) is 8.31. The summed E-state index contributed by atoms with van der Waals surface area (Å²) in [6.07, 6.45) is 5.55. The maximum Gasteiger partial charge on any atom is 0.0294 e. The third kappa shape index (κ3) is 3.85. The Morgan fingerprint density at radius 3 is 2.15 bits per heavy atom. The first-order valence-electron chi connectivity index (χ1n) is 8.31. The minimum atomic E-state index is 0.456. The Kier molecular flexibility index (Phi) is 5.26. The Morgan fingerprint density at radius 2 is 1.55 bits per heavy atom. The van der Waals surface area contributed by atoms with Gasteiger partial charge in [0, 0.05) is 12.1 Å². The monoisotopic (exact) mass is 273 g/mol. The lowest BCUT2D eigenvalue weighted by Crippen LogP contribution is -2.42. The minimum absolute atomic E-state index is 0.456. The number of benzene rings is 1. The summed E-state index contributed by atoms with van der Waals surface area (Å²) in [6, 6.07) is 8.07. The van der Waals surface area contributed by atoms with Gasteiger partial charge < -0.3 is 5.32 Å². The number of rotatable bonds is 4. The van der Waals surface area contributed by atoms with Crippen LogP contribution in [0.5, 0.6) is 0 Å². The molecule has 2 rings (SSSR count). The van der Waals surface area contributed by atoms with Crippen LogP contribution in [0, 0.1) is 25.7 Å². The Labute approximate surface area is 125 Å². The van der Waals surface area contributed by atoms with Crippen LogP contribution in [0.1, 0.15) is 69.2 Å². The summed E-state index contributed by atoms with van der Waals surface area (Å²) < 4.78 is 0. The van der Waals surface area contributed by atoms with E-state index in [0.29, 0.717) is 12.1 Å². The molecule has 1 aromatic rings. The van der Waals surface area contributed by atoms with Crippen LogP contribution in [0.2, 0.25) is 0 Å². The number of aryl methyl sites for hydroxylation is 2. The molecule has 0 saturated heterocycles. The van der Waals surface area contributed by atoms with Gasteiger partial charge in [0.15, 0.2) is 0 Å². The highest BCUT2D eigenvalue weighted by Gasteiger charge is 2.28. The van der Waals surface area contributed by atoms with Crippen molar-refractivity contribution in [2.75, 3.05) is 0 Å². The molecular formula is C19H31N. The van der Waals surface area contributed by atoms with Gasteiger partial charge in [0.25, 0.3) is 0 Å². The molecule has 3 unspecified atom stereocenters. The van der Waals surface area contributed by atoms with Crippen LogP contribution in [0.25, 0.3) is 0 Å². The van der Waals surface area contributed by atoms with E-state index in [1.165, 1.54) is 42.4 Å². The molecule has 0 spiro atoms. The SMILES string of the molecule is Cc1cc(C)cc(C(C)NC2CCCCC2C(C)C)c1. The Bertz CT molecular complexity index is 415. The lowest BCUT2D eigenvalue weighted by Gasteiger charge is -2.37. The van der Waals surface area contributed by atoms with Crippen LogP contribution in [0.15, 0.2) is 18.2 Å². The van der Waals surface area contributed by atoms with Gasteiger partial charge >= 0.3 is 0 Å². The van der Waals surface area contributed by atoms with E-state index >= 15 is 0 Å². The van der Waals surface area contributed by atoms with E-state index < -0.39 is 0 Å². The Morgan fingerprint density at radius 1 is 0.950 bits per heavy atom. The third-order valence-corrected chi connectivity index (χ3v) is 4.88. The van der Waals surface area contributed by atoms with E-state index in [4.69, 9.17) is 0 Å². The molecule has 1 saturated carbocycles. The Balaban J connectivity index is 2.07. The second kappa shape index (κ2) is 6.76. The molecule has 0 heterocycles. The molecule has 3 atom stereocenters. The van der Waals surface area contributed by atoms with Crippen molar-refractivity contribution in [3.8, 4) is 0 Å². The predicted molar refractivity (Wildman–Crippen MR) is 88.1 cm³/mol. The maximum absolute atomic E-state index is 3.92. The van der Waals surface area contributed by atoms with E-state index in [2.05, 4.69) is 58.1 Å². The second-order valence-corrected chi connectivity index (χ2v) is 7.11. The first-order chi connectivity index (χ1) is 9.47. The molecule has 0 aliphatic heterocycles. The van der Waals surface area contributed by atoms with Crippen LogP contribution >= 0.6 is 0 Å². The molecule has 112 valence electrons. The molecule has 0 bridgehead atoms. The highest BCUT2D eigenvalue weighted by Crippen LogP contribution is 2.32. The molecule has 0 amide bonds. The van der Waals surface area contributed by atoms with Crippen molar-refractivity contribution >= 4 is 0 Å². The predicted octanol–water partition coefficient (Wildman–Crippen LogP) is 5.17. The van der Waals surface area contributed by atoms with E-state index in [0.717, 1.165) is 11.8 Å². The van der Waals surface area contributed by atoms with E-state index in [1.54, 1.807) is 0 Å². The minimum Gasteiger partial charge on any atom is -0.307 e. The summed E-state index contributed by atoms with van der Waals surface area (Å²) in [5, 5.41) is 3.92. The quantitative estimate of drug-likeness (QED) is 0.798. The highest BCUT2D eigenvalue weighted by molar-refractivity contribution is 5.30. The third-order valence-electron chi connectivity index (χ3n) is 4.88. The van der Waals surface area contributed by atoms with Gasteiger partial charge in [-0.05, 0) is 51.0 Å². The van der Waals surface area contributed by atoms with Crippen LogP contribution in [-0.4, -0.2) is 6.04 Å². The second-order valence-electron chi connectivity index (χ2n) is 7.11. The molecule has 1 N–H and O–H groups in total. The van der Waals surface area contributed by atoms with Crippen LogP contribution in [0.4, 0.5) is 0 Å². The fourth-order valence-corrected chi connectivity index (χ4v) is 3.84. The van der Waals surface area contributed by atoms with Crippen LogP contribution in [0.3, 0.4) is 0 Å². The molecule has 0 radical (unpaired) electrons. The average Bonchev–Trinajstić information content (AvgIpc) is 2.37. The number of nitrogens with one attached hydrogen (secondary N) is 1. The van der Waals surface area contributed by atoms with E-state index in [-0.39, 0.29) is 0 Å². The normalized spacial score (nSPS) is 24.9. The standard InChI is InChI=1S/C19H31N/c1-13(2)18-8-6-7-9-19(18)20-16(5)17-11-14(3)10-15(4)12-17/h10-13,16,18-20H,6-9H2,1-5H3. The van der Waals surface area contributed by atoms with Crippen molar-refractivity contribution in [1.29, 1.82) is 0 Å². The van der Waals surface area contributed by atoms with Gasteiger partial charge in [-0.25, -0.2) is 0 Å². The van der Waals surface area contributed by atoms with Gasteiger partial charge in [-0.2, -0.15) is 0 Å². The van der Waals surface area contributed by atoms with Crippen molar-refractivity contribution in [2.24, 2.45) is 11.8 Å². The fraction of sp³-hybridized carbons (Fsp3) is 0.684. The molecule has 1 nitrogen and oxygen atoms in total. The first kappa shape index (κ1) is 15.6. The lowest BCUT2D eigenvalue weighted by molar-refractivity contribution is 0.195.